The van der Waals surface area contributed by atoms with Crippen molar-refractivity contribution >= 4 is 29.2 Å². The number of aromatic nitrogens is 2. The van der Waals surface area contributed by atoms with Crippen molar-refractivity contribution in [1.82, 2.24) is 9.55 Å². The number of Topliss-reactive ketones (excluding diaryl/α,β-unsaturated/α-hetero) is 1. The van der Waals surface area contributed by atoms with E-state index in [1.807, 2.05) is 6.07 Å². The molecule has 1 aliphatic carbocycles. The molecule has 0 aromatic carbocycles. The van der Waals surface area contributed by atoms with Gasteiger partial charge in [-0.1, -0.05) is 19.3 Å². The SMILES string of the molecule is Cc1csc([C@H](C#N)C(=O)COC(=O)/C=C/c2cc(C)n(C3CCCCC3)c2C)n1. The van der Waals surface area contributed by atoms with Crippen LogP contribution in [0.2, 0.25) is 0 Å². The van der Waals surface area contributed by atoms with Gasteiger partial charge in [0.05, 0.1) is 6.07 Å². The molecular weight excluding hydrogens is 398 g/mol. The van der Waals surface area contributed by atoms with Crippen LogP contribution in [0.25, 0.3) is 6.08 Å². The van der Waals surface area contributed by atoms with E-state index in [1.54, 1.807) is 18.4 Å². The quantitative estimate of drug-likeness (QED) is 0.469. The first-order valence-corrected chi connectivity index (χ1v) is 11.2. The molecule has 3 rings (SSSR count). The summed E-state index contributed by atoms with van der Waals surface area (Å²) < 4.78 is 7.45. The van der Waals surface area contributed by atoms with E-state index in [-0.39, 0.29) is 0 Å². The van der Waals surface area contributed by atoms with Crippen LogP contribution < -0.4 is 0 Å². The van der Waals surface area contributed by atoms with Gasteiger partial charge in [-0.25, -0.2) is 9.78 Å². The van der Waals surface area contributed by atoms with E-state index in [2.05, 4.69) is 29.5 Å². The lowest BCUT2D eigenvalue weighted by Gasteiger charge is -2.26. The molecule has 1 fully saturated rings. The average Bonchev–Trinajstić information content (AvgIpc) is 3.28. The number of rotatable bonds is 7. The second kappa shape index (κ2) is 9.86. The van der Waals surface area contributed by atoms with E-state index in [9.17, 15) is 14.9 Å². The summed E-state index contributed by atoms with van der Waals surface area (Å²) in [5, 5.41) is 11.5. The Morgan fingerprint density at radius 3 is 2.70 bits per heavy atom. The Bertz CT molecular complexity index is 990. The van der Waals surface area contributed by atoms with Gasteiger partial charge in [-0.15, -0.1) is 11.3 Å². The molecule has 0 unspecified atom stereocenters. The standard InChI is InChI=1S/C23H27N3O3S/c1-15-14-30-23(25-15)20(12-24)21(27)13-29-22(28)10-9-18-11-16(2)26(17(18)3)19-7-5-4-6-8-19/h9-11,14,19-20H,4-8,13H2,1-3H3/b10-9+/t20-/m1/s1. The first-order valence-electron chi connectivity index (χ1n) is 10.3. The number of aryl methyl sites for hydroxylation is 2. The highest BCUT2D eigenvalue weighted by Gasteiger charge is 2.24. The molecule has 2 aromatic heterocycles. The topological polar surface area (TPSA) is 85.0 Å². The third kappa shape index (κ3) is 5.06. The van der Waals surface area contributed by atoms with Gasteiger partial charge in [-0.2, -0.15) is 5.26 Å². The van der Waals surface area contributed by atoms with Crippen molar-refractivity contribution in [3.8, 4) is 6.07 Å². The minimum absolute atomic E-state index is 0.432. The highest BCUT2D eigenvalue weighted by Crippen LogP contribution is 2.32. The molecule has 0 N–H and O–H groups in total. The number of hydrogen-bond acceptors (Lipinski definition) is 6. The van der Waals surface area contributed by atoms with Crippen LogP contribution in [0, 0.1) is 32.1 Å². The summed E-state index contributed by atoms with van der Waals surface area (Å²) >= 11 is 1.26. The Labute approximate surface area is 181 Å². The van der Waals surface area contributed by atoms with E-state index in [0.29, 0.717) is 11.0 Å². The van der Waals surface area contributed by atoms with Crippen molar-refractivity contribution in [2.45, 2.75) is 64.8 Å². The smallest absolute Gasteiger partial charge is 0.331 e. The maximum Gasteiger partial charge on any atom is 0.331 e. The van der Waals surface area contributed by atoms with Crippen LogP contribution in [0.4, 0.5) is 0 Å². The summed E-state index contributed by atoms with van der Waals surface area (Å²) in [6, 6.07) is 4.56. The summed E-state index contributed by atoms with van der Waals surface area (Å²) in [5.74, 6) is -2.07. The van der Waals surface area contributed by atoms with Crippen molar-refractivity contribution in [3.05, 3.63) is 45.2 Å². The van der Waals surface area contributed by atoms with Crippen LogP contribution >= 0.6 is 11.3 Å². The van der Waals surface area contributed by atoms with Crippen LogP contribution in [0.5, 0.6) is 0 Å². The Kier molecular flexibility index (Phi) is 7.22. The number of esters is 1. The van der Waals surface area contributed by atoms with Crippen molar-refractivity contribution in [3.63, 3.8) is 0 Å². The normalized spacial score (nSPS) is 15.8. The molecule has 0 saturated heterocycles. The van der Waals surface area contributed by atoms with Gasteiger partial charge < -0.3 is 9.30 Å². The minimum atomic E-state index is -1.00. The van der Waals surface area contributed by atoms with E-state index in [0.717, 1.165) is 17.0 Å². The zero-order valence-electron chi connectivity index (χ0n) is 17.7. The Hall–Kier alpha value is -2.72. The van der Waals surface area contributed by atoms with Gasteiger partial charge >= 0.3 is 5.97 Å². The zero-order chi connectivity index (χ0) is 21.7. The molecule has 1 saturated carbocycles. The Morgan fingerprint density at radius 2 is 2.07 bits per heavy atom. The Balaban J connectivity index is 1.59. The number of hydrogen-bond donors (Lipinski definition) is 0. The molecule has 158 valence electrons. The molecule has 1 atom stereocenters. The predicted molar refractivity (Wildman–Crippen MR) is 116 cm³/mol. The van der Waals surface area contributed by atoms with Gasteiger partial charge in [-0.3, -0.25) is 4.79 Å². The maximum absolute atomic E-state index is 12.3. The summed E-state index contributed by atoms with van der Waals surface area (Å²) in [5.41, 5.74) is 4.07. The lowest BCUT2D eigenvalue weighted by atomic mass is 9.95. The molecular formula is C23H27N3O3S. The van der Waals surface area contributed by atoms with E-state index < -0.39 is 24.3 Å². The van der Waals surface area contributed by atoms with E-state index in [4.69, 9.17) is 4.74 Å². The molecule has 0 aliphatic heterocycles. The number of ketones is 1. The summed E-state index contributed by atoms with van der Waals surface area (Å²) in [6.45, 7) is 5.53. The number of thiazole rings is 1. The van der Waals surface area contributed by atoms with Crippen LogP contribution in [0.15, 0.2) is 17.5 Å². The lowest BCUT2D eigenvalue weighted by Crippen LogP contribution is -2.19. The second-order valence-electron chi connectivity index (χ2n) is 7.78. The predicted octanol–water partition coefficient (Wildman–Crippen LogP) is 4.81. The molecule has 1 aliphatic rings. The molecule has 0 bridgehead atoms. The average molecular weight is 426 g/mol. The van der Waals surface area contributed by atoms with Crippen LogP contribution in [0.1, 0.15) is 71.7 Å². The lowest BCUT2D eigenvalue weighted by molar-refractivity contribution is -0.143. The summed E-state index contributed by atoms with van der Waals surface area (Å²) in [6.07, 6.45) is 9.30. The molecule has 0 amide bonds. The van der Waals surface area contributed by atoms with Crippen LogP contribution in [0.3, 0.4) is 0 Å². The van der Waals surface area contributed by atoms with Crippen molar-refractivity contribution in [2.75, 3.05) is 6.61 Å². The van der Waals surface area contributed by atoms with Crippen LogP contribution in [-0.2, 0) is 14.3 Å². The van der Waals surface area contributed by atoms with Gasteiger partial charge in [0.2, 0.25) is 0 Å². The molecule has 30 heavy (non-hydrogen) atoms. The fraction of sp³-hybridized carbons (Fsp3) is 0.478. The molecule has 2 aromatic rings. The second-order valence-corrected chi connectivity index (χ2v) is 8.67. The van der Waals surface area contributed by atoms with Gasteiger partial charge in [0.1, 0.15) is 5.01 Å². The minimum Gasteiger partial charge on any atom is -0.454 e. The van der Waals surface area contributed by atoms with Gasteiger partial charge in [-0.05, 0) is 51.3 Å². The van der Waals surface area contributed by atoms with Gasteiger partial charge in [0.25, 0.3) is 0 Å². The van der Waals surface area contributed by atoms with Gasteiger partial charge in [0, 0.05) is 34.6 Å². The highest BCUT2D eigenvalue weighted by molar-refractivity contribution is 7.09. The van der Waals surface area contributed by atoms with E-state index in [1.165, 1.54) is 55.2 Å². The molecule has 0 spiro atoms. The first-order chi connectivity index (χ1) is 14.4. The monoisotopic (exact) mass is 425 g/mol. The van der Waals surface area contributed by atoms with Crippen molar-refractivity contribution < 1.29 is 14.3 Å². The number of nitriles is 1. The fourth-order valence-electron chi connectivity index (χ4n) is 4.07. The van der Waals surface area contributed by atoms with Gasteiger partial charge in [0.15, 0.2) is 18.3 Å². The van der Waals surface area contributed by atoms with E-state index >= 15 is 0 Å². The molecule has 0 radical (unpaired) electrons. The summed E-state index contributed by atoms with van der Waals surface area (Å²) in [4.78, 5) is 28.6. The van der Waals surface area contributed by atoms with Crippen molar-refractivity contribution in [1.29, 1.82) is 5.26 Å². The number of nitrogens with zero attached hydrogens (tertiary/aromatic N) is 3. The Morgan fingerprint density at radius 1 is 1.33 bits per heavy atom. The molecule has 2 heterocycles. The van der Waals surface area contributed by atoms with Crippen LogP contribution in [-0.4, -0.2) is 27.9 Å². The largest absolute Gasteiger partial charge is 0.454 e. The zero-order valence-corrected chi connectivity index (χ0v) is 18.5. The molecule has 6 nitrogen and oxygen atoms in total. The first kappa shape index (κ1) is 22.0. The third-order valence-corrected chi connectivity index (χ3v) is 6.58. The third-order valence-electron chi connectivity index (χ3n) is 5.55. The number of ether oxygens (including phenoxy) is 1. The highest BCUT2D eigenvalue weighted by atomic mass is 32.1. The fourth-order valence-corrected chi connectivity index (χ4v) is 4.93. The maximum atomic E-state index is 12.3. The molecule has 7 heteroatoms. The number of carbonyl (C=O) groups is 2. The van der Waals surface area contributed by atoms with Crippen molar-refractivity contribution in [2.24, 2.45) is 0 Å². The number of carbonyl (C=O) groups excluding carboxylic acids is 2. The summed E-state index contributed by atoms with van der Waals surface area (Å²) in [7, 11) is 0.